The first-order valence-corrected chi connectivity index (χ1v) is 6.12. The van der Waals surface area contributed by atoms with E-state index in [2.05, 4.69) is 0 Å². The third kappa shape index (κ3) is 2.50. The average molecular weight is 350 g/mol. The molecule has 1 heterocycles. The summed E-state index contributed by atoms with van der Waals surface area (Å²) in [5.41, 5.74) is 0.434. The molecule has 1 aliphatic rings. The highest BCUT2D eigenvalue weighted by molar-refractivity contribution is 14.1. The molecule has 0 amide bonds. The first kappa shape index (κ1) is 12.5. The third-order valence-corrected chi connectivity index (χ3v) is 3.40. The van der Waals surface area contributed by atoms with Gasteiger partial charge in [-0.2, -0.15) is 0 Å². The second-order valence-electron chi connectivity index (χ2n) is 3.93. The zero-order valence-electron chi connectivity index (χ0n) is 8.78. The Morgan fingerprint density at radius 2 is 1.94 bits per heavy atom. The number of anilines is 1. The van der Waals surface area contributed by atoms with Gasteiger partial charge >= 0.3 is 0 Å². The van der Waals surface area contributed by atoms with Crippen molar-refractivity contribution in [3.8, 4) is 0 Å². The smallest absolute Gasteiger partial charge is 0.293 e. The SMILES string of the molecule is O=[N+]([O-])c1cc(I)ccc1N1CC(O)C(O)C1. The predicted octanol–water partition coefficient (Wildman–Crippen LogP) is 0.741. The maximum atomic E-state index is 10.9. The van der Waals surface area contributed by atoms with Crippen LogP contribution in [0.25, 0.3) is 0 Å². The Labute approximate surface area is 111 Å². The minimum absolute atomic E-state index is 0.00167. The van der Waals surface area contributed by atoms with Crippen LogP contribution in [0.15, 0.2) is 18.2 Å². The minimum atomic E-state index is -0.853. The molecule has 0 radical (unpaired) electrons. The Balaban J connectivity index is 2.36. The molecule has 0 bridgehead atoms. The van der Waals surface area contributed by atoms with Crippen LogP contribution in [0.4, 0.5) is 11.4 Å². The normalized spacial score (nSPS) is 24.1. The standard InChI is InChI=1S/C10H11IN2O4/c11-6-1-2-7(8(3-6)13(16)17)12-4-9(14)10(15)5-12/h1-3,9-10,14-15H,4-5H2. The quantitative estimate of drug-likeness (QED) is 0.467. The van der Waals surface area contributed by atoms with Gasteiger partial charge in [0.25, 0.3) is 5.69 Å². The zero-order valence-corrected chi connectivity index (χ0v) is 10.9. The topological polar surface area (TPSA) is 86.8 Å². The predicted molar refractivity (Wildman–Crippen MR) is 70.0 cm³/mol. The van der Waals surface area contributed by atoms with E-state index in [0.29, 0.717) is 5.69 Å². The van der Waals surface area contributed by atoms with Crippen LogP contribution < -0.4 is 4.90 Å². The van der Waals surface area contributed by atoms with E-state index in [9.17, 15) is 20.3 Å². The number of halogens is 1. The van der Waals surface area contributed by atoms with Gasteiger partial charge in [0.2, 0.25) is 0 Å². The molecule has 1 aromatic rings. The number of β-amino-alcohol motifs (C(OH)–C–C–N with tert-alkyl or cyclic N) is 2. The number of nitrogens with zero attached hydrogens (tertiary/aromatic N) is 2. The van der Waals surface area contributed by atoms with Crippen molar-refractivity contribution >= 4 is 34.0 Å². The number of nitro benzene ring substituents is 1. The summed E-state index contributed by atoms with van der Waals surface area (Å²) in [6.07, 6.45) is -1.71. The summed E-state index contributed by atoms with van der Waals surface area (Å²) < 4.78 is 0.776. The summed E-state index contributed by atoms with van der Waals surface area (Å²) in [5, 5.41) is 29.8. The van der Waals surface area contributed by atoms with Gasteiger partial charge in [-0.25, -0.2) is 0 Å². The van der Waals surface area contributed by atoms with Crippen LogP contribution in [0.2, 0.25) is 0 Å². The van der Waals surface area contributed by atoms with Crippen LogP contribution in [0.1, 0.15) is 0 Å². The van der Waals surface area contributed by atoms with E-state index in [1.54, 1.807) is 17.0 Å². The van der Waals surface area contributed by atoms with Crippen molar-refractivity contribution < 1.29 is 15.1 Å². The highest BCUT2D eigenvalue weighted by Gasteiger charge is 2.32. The second kappa shape index (κ2) is 4.75. The fourth-order valence-electron chi connectivity index (χ4n) is 1.88. The summed E-state index contributed by atoms with van der Waals surface area (Å²) >= 11 is 2.01. The van der Waals surface area contributed by atoms with Crippen LogP contribution in [0.3, 0.4) is 0 Å². The second-order valence-corrected chi connectivity index (χ2v) is 5.18. The van der Waals surface area contributed by atoms with Crippen molar-refractivity contribution in [1.82, 2.24) is 0 Å². The van der Waals surface area contributed by atoms with Crippen molar-refractivity contribution in [2.75, 3.05) is 18.0 Å². The van der Waals surface area contributed by atoms with E-state index in [1.807, 2.05) is 22.6 Å². The van der Waals surface area contributed by atoms with Gasteiger partial charge in [-0.05, 0) is 34.7 Å². The first-order valence-electron chi connectivity index (χ1n) is 5.04. The van der Waals surface area contributed by atoms with Crippen LogP contribution >= 0.6 is 22.6 Å². The molecule has 17 heavy (non-hydrogen) atoms. The summed E-state index contributed by atoms with van der Waals surface area (Å²) in [6.45, 7) is 0.422. The molecule has 2 atom stereocenters. The Morgan fingerprint density at radius 3 is 2.47 bits per heavy atom. The van der Waals surface area contributed by atoms with E-state index in [0.717, 1.165) is 3.57 Å². The lowest BCUT2D eigenvalue weighted by Crippen LogP contribution is -2.22. The molecule has 0 saturated carbocycles. The maximum Gasteiger partial charge on any atom is 0.293 e. The van der Waals surface area contributed by atoms with Gasteiger partial charge in [-0.1, -0.05) is 0 Å². The Kier molecular flexibility index (Phi) is 3.50. The van der Waals surface area contributed by atoms with Crippen LogP contribution in [-0.2, 0) is 0 Å². The monoisotopic (exact) mass is 350 g/mol. The number of nitro groups is 1. The van der Waals surface area contributed by atoms with Gasteiger partial charge in [-0.3, -0.25) is 10.1 Å². The molecule has 2 N–H and O–H groups in total. The Morgan fingerprint density at radius 1 is 1.35 bits per heavy atom. The van der Waals surface area contributed by atoms with Gasteiger partial charge in [0.15, 0.2) is 0 Å². The lowest BCUT2D eigenvalue weighted by molar-refractivity contribution is -0.384. The molecular weight excluding hydrogens is 339 g/mol. The van der Waals surface area contributed by atoms with Crippen molar-refractivity contribution in [2.45, 2.75) is 12.2 Å². The van der Waals surface area contributed by atoms with E-state index in [-0.39, 0.29) is 18.8 Å². The van der Waals surface area contributed by atoms with Crippen LogP contribution in [0.5, 0.6) is 0 Å². The molecule has 1 saturated heterocycles. The fourth-order valence-corrected chi connectivity index (χ4v) is 2.35. The molecule has 1 aliphatic heterocycles. The molecular formula is C10H11IN2O4. The van der Waals surface area contributed by atoms with Gasteiger partial charge in [0, 0.05) is 22.7 Å². The molecule has 6 nitrogen and oxygen atoms in total. The van der Waals surface area contributed by atoms with E-state index in [4.69, 9.17) is 0 Å². The van der Waals surface area contributed by atoms with Gasteiger partial charge in [-0.15, -0.1) is 0 Å². The van der Waals surface area contributed by atoms with E-state index < -0.39 is 17.1 Å². The zero-order chi connectivity index (χ0) is 12.6. The number of aliphatic hydroxyl groups is 2. The number of hydrogen-bond donors (Lipinski definition) is 2. The Bertz CT molecular complexity index is 444. The molecule has 0 aromatic heterocycles. The number of hydrogen-bond acceptors (Lipinski definition) is 5. The van der Waals surface area contributed by atoms with Crippen molar-refractivity contribution in [1.29, 1.82) is 0 Å². The molecule has 1 aromatic carbocycles. The third-order valence-electron chi connectivity index (χ3n) is 2.73. The van der Waals surface area contributed by atoms with E-state index >= 15 is 0 Å². The highest BCUT2D eigenvalue weighted by atomic mass is 127. The van der Waals surface area contributed by atoms with Gasteiger partial charge < -0.3 is 15.1 Å². The lowest BCUT2D eigenvalue weighted by Gasteiger charge is -2.17. The molecule has 7 heteroatoms. The van der Waals surface area contributed by atoms with Crippen LogP contribution in [0, 0.1) is 13.7 Å². The molecule has 2 unspecified atom stereocenters. The first-order chi connectivity index (χ1) is 7.99. The van der Waals surface area contributed by atoms with Crippen molar-refractivity contribution in [3.63, 3.8) is 0 Å². The average Bonchev–Trinajstić information content (AvgIpc) is 2.59. The highest BCUT2D eigenvalue weighted by Crippen LogP contribution is 2.32. The molecule has 2 rings (SSSR count). The van der Waals surface area contributed by atoms with Crippen molar-refractivity contribution in [3.05, 3.63) is 31.9 Å². The summed E-state index contributed by atoms with van der Waals surface area (Å²) in [4.78, 5) is 12.1. The van der Waals surface area contributed by atoms with Crippen LogP contribution in [-0.4, -0.2) is 40.4 Å². The summed E-state index contributed by atoms with van der Waals surface area (Å²) in [5.74, 6) is 0. The lowest BCUT2D eigenvalue weighted by atomic mass is 10.2. The molecule has 0 spiro atoms. The summed E-state index contributed by atoms with van der Waals surface area (Å²) in [6, 6.07) is 4.89. The fraction of sp³-hybridized carbons (Fsp3) is 0.400. The number of aliphatic hydroxyl groups excluding tert-OH is 2. The molecule has 1 fully saturated rings. The molecule has 0 aliphatic carbocycles. The van der Waals surface area contributed by atoms with E-state index in [1.165, 1.54) is 6.07 Å². The molecule has 92 valence electrons. The minimum Gasteiger partial charge on any atom is -0.389 e. The van der Waals surface area contributed by atoms with Gasteiger partial charge in [0.05, 0.1) is 17.1 Å². The largest absolute Gasteiger partial charge is 0.389 e. The van der Waals surface area contributed by atoms with Crippen molar-refractivity contribution in [2.24, 2.45) is 0 Å². The number of benzene rings is 1. The Hall–Kier alpha value is -0.930. The number of rotatable bonds is 2. The van der Waals surface area contributed by atoms with Gasteiger partial charge in [0.1, 0.15) is 5.69 Å². The maximum absolute atomic E-state index is 10.9. The summed E-state index contributed by atoms with van der Waals surface area (Å²) in [7, 11) is 0.